The van der Waals surface area contributed by atoms with Gasteiger partial charge in [-0.3, -0.25) is 0 Å². The van der Waals surface area contributed by atoms with Crippen LogP contribution in [0.15, 0.2) is 17.5 Å². The average molecular weight is 281 g/mol. The fraction of sp³-hybridized carbons (Fsp3) is 0.273. The van der Waals surface area contributed by atoms with Gasteiger partial charge in [-0.25, -0.2) is 0 Å². The first kappa shape index (κ1) is 11.3. The summed E-state index contributed by atoms with van der Waals surface area (Å²) in [6.45, 7) is 2.09. The highest BCUT2D eigenvalue weighted by molar-refractivity contribution is 7.30. The second-order valence-electron chi connectivity index (χ2n) is 3.72. The molecule has 0 fully saturated rings. The molecule has 0 aliphatic rings. The number of hydrogen-bond donors (Lipinski definition) is 1. The summed E-state index contributed by atoms with van der Waals surface area (Å²) in [6, 6.07) is 4.63. The van der Waals surface area contributed by atoms with Crippen molar-refractivity contribution in [3.8, 4) is 9.88 Å². The van der Waals surface area contributed by atoms with Crippen molar-refractivity contribution in [2.24, 2.45) is 0 Å². The van der Waals surface area contributed by atoms with E-state index in [1.54, 1.807) is 34.0 Å². The van der Waals surface area contributed by atoms with E-state index in [4.69, 9.17) is 0 Å². The van der Waals surface area contributed by atoms with Crippen molar-refractivity contribution in [3.63, 3.8) is 0 Å². The molecule has 3 rings (SSSR count). The van der Waals surface area contributed by atoms with Gasteiger partial charge in [0.1, 0.15) is 5.01 Å². The maximum absolute atomic E-state index is 4.27. The third kappa shape index (κ3) is 2.01. The van der Waals surface area contributed by atoms with Crippen molar-refractivity contribution in [1.82, 2.24) is 15.5 Å². The Morgan fingerprint density at radius 2 is 2.12 bits per heavy atom. The van der Waals surface area contributed by atoms with Crippen LogP contribution in [0.5, 0.6) is 0 Å². The Labute approximate surface area is 111 Å². The number of nitrogens with one attached hydrogen (secondary N) is 1. The summed E-state index contributed by atoms with van der Waals surface area (Å²) in [6.07, 6.45) is 0. The van der Waals surface area contributed by atoms with Gasteiger partial charge >= 0.3 is 0 Å². The van der Waals surface area contributed by atoms with Crippen LogP contribution in [0.1, 0.15) is 18.0 Å². The first-order valence-corrected chi connectivity index (χ1v) is 7.77. The summed E-state index contributed by atoms with van der Waals surface area (Å²) in [5.41, 5.74) is 0. The molecule has 3 nitrogen and oxygen atoms in total. The Kier molecular flexibility index (Phi) is 2.96. The minimum atomic E-state index is 0.266. The normalized spacial score (nSPS) is 13.3. The largest absolute Gasteiger partial charge is 0.311 e. The van der Waals surface area contributed by atoms with Gasteiger partial charge in [-0.2, -0.15) is 0 Å². The second kappa shape index (κ2) is 4.45. The number of thiophene rings is 2. The molecule has 0 aromatic carbocycles. The topological polar surface area (TPSA) is 37.8 Å². The van der Waals surface area contributed by atoms with E-state index in [2.05, 4.69) is 40.0 Å². The van der Waals surface area contributed by atoms with Crippen LogP contribution in [0, 0.1) is 0 Å². The van der Waals surface area contributed by atoms with Gasteiger partial charge in [-0.15, -0.1) is 32.9 Å². The third-order valence-electron chi connectivity index (χ3n) is 2.59. The van der Waals surface area contributed by atoms with Crippen LogP contribution in [-0.4, -0.2) is 17.2 Å². The van der Waals surface area contributed by atoms with Crippen LogP contribution < -0.4 is 5.32 Å². The molecule has 6 heteroatoms. The zero-order valence-corrected chi connectivity index (χ0v) is 11.9. The Morgan fingerprint density at radius 1 is 1.24 bits per heavy atom. The molecule has 0 saturated carbocycles. The lowest BCUT2D eigenvalue weighted by Crippen LogP contribution is -2.11. The van der Waals surface area contributed by atoms with Crippen molar-refractivity contribution < 1.29 is 0 Å². The Morgan fingerprint density at radius 3 is 2.88 bits per heavy atom. The zero-order valence-electron chi connectivity index (χ0n) is 9.43. The predicted octanol–water partition coefficient (Wildman–Crippen LogP) is 3.76. The molecule has 0 saturated heterocycles. The zero-order chi connectivity index (χ0) is 11.8. The number of nitrogens with zero attached hydrogens (tertiary/aromatic N) is 2. The van der Waals surface area contributed by atoms with E-state index in [0.29, 0.717) is 0 Å². The molecular formula is C11H11N3S3. The summed E-state index contributed by atoms with van der Waals surface area (Å²) in [5.74, 6) is 0. The van der Waals surface area contributed by atoms with Crippen LogP contribution in [0.3, 0.4) is 0 Å². The standard InChI is InChI=1S/C11H11N3S3/c1-6(12-2)10-13-14-11(17-10)9-5-8-7(16-9)3-4-15-8/h3-6,12H,1-2H3. The van der Waals surface area contributed by atoms with E-state index in [9.17, 15) is 0 Å². The molecule has 1 unspecified atom stereocenters. The van der Waals surface area contributed by atoms with Gasteiger partial charge in [-0.1, -0.05) is 11.3 Å². The van der Waals surface area contributed by atoms with Crippen molar-refractivity contribution in [3.05, 3.63) is 22.5 Å². The van der Waals surface area contributed by atoms with Gasteiger partial charge < -0.3 is 5.32 Å². The monoisotopic (exact) mass is 281 g/mol. The van der Waals surface area contributed by atoms with Gasteiger partial charge in [0, 0.05) is 9.40 Å². The lowest BCUT2D eigenvalue weighted by Gasteiger charge is -2.02. The predicted molar refractivity (Wildman–Crippen MR) is 76.1 cm³/mol. The summed E-state index contributed by atoms with van der Waals surface area (Å²) >= 11 is 5.23. The van der Waals surface area contributed by atoms with E-state index < -0.39 is 0 Å². The molecule has 0 spiro atoms. The molecule has 0 aliphatic carbocycles. The van der Waals surface area contributed by atoms with Crippen molar-refractivity contribution >= 4 is 43.4 Å². The summed E-state index contributed by atoms with van der Waals surface area (Å²) in [7, 11) is 1.94. The van der Waals surface area contributed by atoms with Crippen LogP contribution >= 0.6 is 34.0 Å². The van der Waals surface area contributed by atoms with Crippen molar-refractivity contribution in [2.45, 2.75) is 13.0 Å². The maximum Gasteiger partial charge on any atom is 0.157 e. The van der Waals surface area contributed by atoms with Crippen LogP contribution in [0.25, 0.3) is 19.3 Å². The molecule has 1 N–H and O–H groups in total. The van der Waals surface area contributed by atoms with E-state index in [1.165, 1.54) is 14.3 Å². The van der Waals surface area contributed by atoms with E-state index in [-0.39, 0.29) is 6.04 Å². The van der Waals surface area contributed by atoms with Crippen LogP contribution in [0.2, 0.25) is 0 Å². The molecule has 1 atom stereocenters. The third-order valence-corrected chi connectivity index (χ3v) is 5.96. The molecule has 0 amide bonds. The van der Waals surface area contributed by atoms with Crippen LogP contribution in [-0.2, 0) is 0 Å². The van der Waals surface area contributed by atoms with E-state index >= 15 is 0 Å². The fourth-order valence-corrected chi connectivity index (χ4v) is 4.56. The minimum Gasteiger partial charge on any atom is -0.311 e. The minimum absolute atomic E-state index is 0.266. The van der Waals surface area contributed by atoms with Crippen molar-refractivity contribution in [2.75, 3.05) is 7.05 Å². The highest BCUT2D eigenvalue weighted by Gasteiger charge is 2.13. The molecule has 0 radical (unpaired) electrons. The number of hydrogen-bond acceptors (Lipinski definition) is 6. The van der Waals surface area contributed by atoms with Gasteiger partial charge in [0.15, 0.2) is 5.01 Å². The van der Waals surface area contributed by atoms with Gasteiger partial charge in [0.25, 0.3) is 0 Å². The quantitative estimate of drug-likeness (QED) is 0.794. The van der Waals surface area contributed by atoms with Gasteiger partial charge in [-0.05, 0) is 31.5 Å². The Hall–Kier alpha value is -0.820. The van der Waals surface area contributed by atoms with Crippen LogP contribution in [0.4, 0.5) is 0 Å². The lowest BCUT2D eigenvalue weighted by molar-refractivity contribution is 0.640. The second-order valence-corrected chi connectivity index (χ2v) is 6.76. The average Bonchev–Trinajstić information content (AvgIpc) is 3.00. The summed E-state index contributed by atoms with van der Waals surface area (Å²) < 4.78 is 2.67. The number of fused-ring (bicyclic) bond motifs is 1. The molecule has 17 heavy (non-hydrogen) atoms. The lowest BCUT2D eigenvalue weighted by atomic mass is 10.4. The smallest absolute Gasteiger partial charge is 0.157 e. The van der Waals surface area contributed by atoms with Gasteiger partial charge in [0.2, 0.25) is 0 Å². The SMILES string of the molecule is CNC(C)c1nnc(-c2cc3sccc3s2)s1. The summed E-state index contributed by atoms with van der Waals surface area (Å²) in [4.78, 5) is 1.22. The fourth-order valence-electron chi connectivity index (χ4n) is 1.50. The molecule has 0 aliphatic heterocycles. The maximum atomic E-state index is 4.27. The van der Waals surface area contributed by atoms with E-state index in [1.807, 2.05) is 7.05 Å². The molecule has 3 aromatic rings. The molecule has 0 bridgehead atoms. The first-order valence-electron chi connectivity index (χ1n) is 5.26. The number of aromatic nitrogens is 2. The van der Waals surface area contributed by atoms with Crippen molar-refractivity contribution in [1.29, 1.82) is 0 Å². The molecule has 3 aromatic heterocycles. The molecular weight excluding hydrogens is 270 g/mol. The van der Waals surface area contributed by atoms with Gasteiger partial charge in [0.05, 0.1) is 10.9 Å². The van der Waals surface area contributed by atoms with E-state index in [0.717, 1.165) is 10.0 Å². The highest BCUT2D eigenvalue weighted by atomic mass is 32.1. The summed E-state index contributed by atoms with van der Waals surface area (Å²) in [5, 5.41) is 15.9. The first-order chi connectivity index (χ1) is 8.28. The number of rotatable bonds is 3. The Balaban J connectivity index is 1.98. The highest BCUT2D eigenvalue weighted by Crippen LogP contribution is 2.37. The molecule has 3 heterocycles. The molecule has 88 valence electrons. The Bertz CT molecular complexity index is 609.